The van der Waals surface area contributed by atoms with Crippen LogP contribution >= 0.6 is 0 Å². The van der Waals surface area contributed by atoms with E-state index in [9.17, 15) is 4.55 Å². The third-order valence-corrected chi connectivity index (χ3v) is 6.71. The Morgan fingerprint density at radius 2 is 1.97 bits per heavy atom. The van der Waals surface area contributed by atoms with E-state index in [1.54, 1.807) is 13.3 Å². The van der Waals surface area contributed by atoms with Crippen molar-refractivity contribution in [2.75, 3.05) is 45.2 Å². The predicted octanol–water partition coefficient (Wildman–Crippen LogP) is 2.64. The van der Waals surface area contributed by atoms with Gasteiger partial charge in [-0.05, 0) is 39.1 Å². The number of ether oxygens (including phenoxy) is 1. The number of fused-ring (bicyclic) bond motifs is 1. The van der Waals surface area contributed by atoms with Gasteiger partial charge >= 0.3 is 5.16 Å². The average Bonchev–Trinajstić information content (AvgIpc) is 3.14. The zero-order chi connectivity index (χ0) is 20.5. The number of methoxy groups -OCH3 is 1. The Morgan fingerprint density at radius 3 is 2.69 bits per heavy atom. The summed E-state index contributed by atoms with van der Waals surface area (Å²) < 4.78 is 18.4. The van der Waals surface area contributed by atoms with E-state index >= 15 is 0 Å². The number of aryl methyl sites for hydroxylation is 1. The van der Waals surface area contributed by atoms with Crippen LogP contribution in [-0.4, -0.2) is 64.7 Å². The predicted molar refractivity (Wildman–Crippen MR) is 116 cm³/mol. The van der Waals surface area contributed by atoms with Gasteiger partial charge in [0.1, 0.15) is 5.75 Å². The maximum Gasteiger partial charge on any atom is 0.322 e. The van der Waals surface area contributed by atoms with E-state index in [0.29, 0.717) is 10.9 Å². The summed E-state index contributed by atoms with van der Waals surface area (Å²) in [6.07, 6.45) is 1.76. The van der Waals surface area contributed by atoms with Gasteiger partial charge in [-0.15, -0.1) is 0 Å². The molecule has 0 spiro atoms. The van der Waals surface area contributed by atoms with Crippen LogP contribution in [0.1, 0.15) is 16.8 Å². The van der Waals surface area contributed by atoms with Crippen LogP contribution in [0.4, 0.5) is 5.69 Å². The Balaban J connectivity index is 1.55. The second kappa shape index (κ2) is 8.22. The first-order chi connectivity index (χ1) is 14.0. The highest BCUT2D eigenvalue weighted by Gasteiger charge is 2.22. The van der Waals surface area contributed by atoms with E-state index < -0.39 is 11.2 Å². The van der Waals surface area contributed by atoms with Crippen molar-refractivity contribution in [3.8, 4) is 5.75 Å². The molecule has 0 amide bonds. The van der Waals surface area contributed by atoms with Gasteiger partial charge < -0.3 is 19.1 Å². The molecule has 4 rings (SSSR count). The molecule has 0 aliphatic carbocycles. The van der Waals surface area contributed by atoms with Crippen molar-refractivity contribution in [3.05, 3.63) is 41.2 Å². The van der Waals surface area contributed by atoms with Crippen molar-refractivity contribution >= 4 is 27.9 Å². The fourth-order valence-electron chi connectivity index (χ4n) is 3.75. The zero-order valence-electron chi connectivity index (χ0n) is 17.4. The molecule has 1 N–H and O–H groups in total. The molecule has 29 heavy (non-hydrogen) atoms. The molecule has 1 fully saturated rings. The van der Waals surface area contributed by atoms with Crippen LogP contribution in [0, 0.1) is 13.8 Å². The third-order valence-electron chi connectivity index (χ3n) is 5.55. The lowest BCUT2D eigenvalue weighted by molar-refractivity contribution is 0.313. The molecular weight excluding hydrogens is 386 g/mol. The molecule has 1 aliphatic heterocycles. The number of pyridine rings is 1. The van der Waals surface area contributed by atoms with E-state index in [2.05, 4.69) is 43.9 Å². The zero-order valence-corrected chi connectivity index (χ0v) is 18.2. The highest BCUT2D eigenvalue weighted by Crippen LogP contribution is 2.27. The molecule has 1 atom stereocenters. The number of hydrogen-bond acceptors (Lipinski definition) is 6. The third kappa shape index (κ3) is 4.05. The molecule has 1 aliphatic rings. The Kier molecular flexibility index (Phi) is 5.67. The van der Waals surface area contributed by atoms with E-state index in [4.69, 9.17) is 4.74 Å². The lowest BCUT2D eigenvalue weighted by Gasteiger charge is -2.34. The molecular formula is C21H27N5O2S. The summed E-state index contributed by atoms with van der Waals surface area (Å²) in [4.78, 5) is 17.0. The summed E-state index contributed by atoms with van der Waals surface area (Å²) in [5, 5.41) is 0.483. The van der Waals surface area contributed by atoms with Crippen molar-refractivity contribution in [2.24, 2.45) is 0 Å². The number of rotatable bonds is 5. The summed E-state index contributed by atoms with van der Waals surface area (Å²) in [5.41, 5.74) is 5.57. The number of nitrogens with one attached hydrogen (secondary N) is 1. The molecule has 1 saturated heterocycles. The summed E-state index contributed by atoms with van der Waals surface area (Å²) in [7, 11) is 3.79. The Bertz CT molecular complexity index is 1010. The quantitative estimate of drug-likeness (QED) is 0.648. The van der Waals surface area contributed by atoms with Gasteiger partial charge in [-0.1, -0.05) is 0 Å². The number of nitrogens with zero attached hydrogens (tertiary/aromatic N) is 4. The molecule has 0 radical (unpaired) electrons. The molecule has 154 valence electrons. The van der Waals surface area contributed by atoms with Crippen LogP contribution in [-0.2, 0) is 16.9 Å². The maximum absolute atomic E-state index is 13.0. The molecule has 0 bridgehead atoms. The number of anilines is 1. The minimum absolute atomic E-state index is 0.299. The summed E-state index contributed by atoms with van der Waals surface area (Å²) in [5.74, 6) is 1.10. The minimum atomic E-state index is -1.32. The molecule has 3 aromatic rings. The Morgan fingerprint density at radius 1 is 1.21 bits per heavy atom. The van der Waals surface area contributed by atoms with Gasteiger partial charge in [0, 0.05) is 60.4 Å². The van der Waals surface area contributed by atoms with Crippen LogP contribution in [0.2, 0.25) is 0 Å². The number of hydrogen-bond donors (Lipinski definition) is 1. The second-order valence-electron chi connectivity index (χ2n) is 7.57. The minimum Gasteiger partial charge on any atom is -0.609 e. The van der Waals surface area contributed by atoms with E-state index in [1.807, 2.05) is 19.9 Å². The molecule has 8 heteroatoms. The SMILES string of the molecule is COc1c(C)cnc(C[S+]([O-])c2nc3cc(N4CCN(C)CC4)ccc3[nH]2)c1C. The number of piperazine rings is 1. The maximum atomic E-state index is 13.0. The van der Waals surface area contributed by atoms with Crippen LogP contribution in [0.5, 0.6) is 5.75 Å². The van der Waals surface area contributed by atoms with Crippen molar-refractivity contribution in [3.63, 3.8) is 0 Å². The molecule has 7 nitrogen and oxygen atoms in total. The van der Waals surface area contributed by atoms with Gasteiger partial charge in [0.05, 0.1) is 23.8 Å². The average molecular weight is 414 g/mol. The fourth-order valence-corrected chi connectivity index (χ4v) is 4.85. The Hall–Kier alpha value is -2.29. The normalized spacial score (nSPS) is 16.4. The van der Waals surface area contributed by atoms with Gasteiger partial charge in [0.25, 0.3) is 0 Å². The van der Waals surface area contributed by atoms with Gasteiger partial charge in [-0.25, -0.2) is 0 Å². The fraction of sp³-hybridized carbons (Fsp3) is 0.429. The highest BCUT2D eigenvalue weighted by molar-refractivity contribution is 7.90. The van der Waals surface area contributed by atoms with Crippen molar-refractivity contribution in [1.82, 2.24) is 19.9 Å². The number of likely N-dealkylation sites (N-methyl/N-ethyl adjacent to an activating group) is 1. The number of imidazole rings is 1. The first-order valence-corrected chi connectivity index (χ1v) is 11.1. The van der Waals surface area contributed by atoms with E-state index in [-0.39, 0.29) is 0 Å². The van der Waals surface area contributed by atoms with Crippen LogP contribution in [0.3, 0.4) is 0 Å². The second-order valence-corrected chi connectivity index (χ2v) is 8.94. The smallest absolute Gasteiger partial charge is 0.322 e. The topological polar surface area (TPSA) is 80.3 Å². The lowest BCUT2D eigenvalue weighted by Crippen LogP contribution is -2.44. The molecule has 2 aromatic heterocycles. The Labute approximate surface area is 174 Å². The standard InChI is InChI=1S/C21H27N5O2S/c1-14-12-22-19(15(2)20(14)28-4)13-29(27)21-23-17-6-5-16(11-18(17)24-21)26-9-7-25(3)8-10-26/h5-6,11-12H,7-10,13H2,1-4H3,(H,23,24). The van der Waals surface area contributed by atoms with Crippen molar-refractivity contribution in [1.29, 1.82) is 0 Å². The summed E-state index contributed by atoms with van der Waals surface area (Å²) >= 11 is -1.32. The van der Waals surface area contributed by atoms with Crippen molar-refractivity contribution < 1.29 is 9.29 Å². The first-order valence-electron chi connectivity index (χ1n) is 9.77. The molecule has 1 aromatic carbocycles. The van der Waals surface area contributed by atoms with Crippen LogP contribution < -0.4 is 9.64 Å². The number of aromatic nitrogens is 3. The summed E-state index contributed by atoms with van der Waals surface area (Å²) in [6.45, 7) is 8.03. The van der Waals surface area contributed by atoms with E-state index in [1.165, 1.54) is 0 Å². The summed E-state index contributed by atoms with van der Waals surface area (Å²) in [6, 6.07) is 6.21. The van der Waals surface area contributed by atoms with Gasteiger partial charge in [-0.3, -0.25) is 9.97 Å². The van der Waals surface area contributed by atoms with Crippen molar-refractivity contribution in [2.45, 2.75) is 24.8 Å². The van der Waals surface area contributed by atoms with Crippen LogP contribution in [0.15, 0.2) is 29.6 Å². The van der Waals surface area contributed by atoms with Crippen LogP contribution in [0.25, 0.3) is 11.0 Å². The monoisotopic (exact) mass is 413 g/mol. The van der Waals surface area contributed by atoms with E-state index in [0.717, 1.165) is 65.5 Å². The number of aromatic amines is 1. The van der Waals surface area contributed by atoms with Gasteiger partial charge in [0.2, 0.25) is 0 Å². The molecule has 0 saturated carbocycles. The molecule has 3 heterocycles. The number of H-pyrrole nitrogens is 1. The highest BCUT2D eigenvalue weighted by atomic mass is 32.2. The lowest BCUT2D eigenvalue weighted by atomic mass is 10.1. The van der Waals surface area contributed by atoms with Gasteiger partial charge in [0.15, 0.2) is 5.75 Å². The van der Waals surface area contributed by atoms with Gasteiger partial charge in [-0.2, -0.15) is 4.98 Å². The number of benzene rings is 1. The first kappa shape index (κ1) is 20.0. The largest absolute Gasteiger partial charge is 0.609 e. The molecule has 1 unspecified atom stereocenters.